The van der Waals surface area contributed by atoms with Gasteiger partial charge < -0.3 is 15.0 Å². The largest absolute Gasteiger partial charge is 0.417 e. The van der Waals surface area contributed by atoms with Crippen molar-refractivity contribution >= 4 is 23.3 Å². The van der Waals surface area contributed by atoms with Crippen LogP contribution in [0.5, 0.6) is 0 Å². The Kier molecular flexibility index (Phi) is 8.37. The highest BCUT2D eigenvalue weighted by Gasteiger charge is 2.33. The second kappa shape index (κ2) is 11.0. The van der Waals surface area contributed by atoms with E-state index in [9.17, 15) is 18.0 Å². The first-order valence-corrected chi connectivity index (χ1v) is 11.1. The summed E-state index contributed by atoms with van der Waals surface area (Å²) < 4.78 is 44.2. The molecule has 1 fully saturated rings. The molecule has 1 atom stereocenters. The molecule has 1 amide bonds. The van der Waals surface area contributed by atoms with Gasteiger partial charge in [0.15, 0.2) is 0 Å². The number of aromatic nitrogens is 1. The van der Waals surface area contributed by atoms with E-state index >= 15 is 0 Å². The van der Waals surface area contributed by atoms with E-state index in [-0.39, 0.29) is 23.0 Å². The van der Waals surface area contributed by atoms with E-state index in [1.807, 2.05) is 42.2 Å². The monoisotopic (exact) mass is 469 g/mol. The van der Waals surface area contributed by atoms with Crippen LogP contribution in [0.15, 0.2) is 42.6 Å². The first kappa shape index (κ1) is 24.3. The van der Waals surface area contributed by atoms with Gasteiger partial charge in [0.1, 0.15) is 5.82 Å². The summed E-state index contributed by atoms with van der Waals surface area (Å²) in [6.45, 7) is 4.10. The molecule has 0 saturated carbocycles. The van der Waals surface area contributed by atoms with Crippen LogP contribution in [0.25, 0.3) is 0 Å². The SMILES string of the molecule is CC(OCCCNC(=O)C1CCN(c2ncc(C(F)(F)F)cc2Cl)CC1)c1ccccc1. The molecule has 1 saturated heterocycles. The first-order chi connectivity index (χ1) is 15.3. The van der Waals surface area contributed by atoms with E-state index in [0.29, 0.717) is 51.3 Å². The highest BCUT2D eigenvalue weighted by molar-refractivity contribution is 6.33. The third-order valence-electron chi connectivity index (χ3n) is 5.57. The molecule has 174 valence electrons. The molecule has 0 bridgehead atoms. The Hall–Kier alpha value is -2.32. The lowest BCUT2D eigenvalue weighted by molar-refractivity contribution is -0.137. The van der Waals surface area contributed by atoms with Crippen molar-refractivity contribution in [3.8, 4) is 0 Å². The van der Waals surface area contributed by atoms with E-state index in [1.54, 1.807) is 0 Å². The highest BCUT2D eigenvalue weighted by atomic mass is 35.5. The standard InChI is InChI=1S/C23H27ClF3N3O2/c1-16(17-6-3-2-4-7-17)32-13-5-10-28-22(31)18-8-11-30(12-9-18)21-20(24)14-19(15-29-21)23(25,26)27/h2-4,6-7,14-16,18H,5,8-13H2,1H3,(H,28,31). The Bertz CT molecular complexity index is 888. The van der Waals surface area contributed by atoms with Crippen molar-refractivity contribution in [3.05, 3.63) is 58.7 Å². The van der Waals surface area contributed by atoms with Crippen LogP contribution in [-0.4, -0.2) is 37.1 Å². The fraction of sp³-hybridized carbons (Fsp3) is 0.478. The number of carbonyl (C=O) groups is 1. The third kappa shape index (κ3) is 6.59. The minimum Gasteiger partial charge on any atom is -0.374 e. The third-order valence-corrected chi connectivity index (χ3v) is 5.85. The fourth-order valence-corrected chi connectivity index (χ4v) is 3.97. The van der Waals surface area contributed by atoms with Crippen LogP contribution in [0.1, 0.15) is 43.4 Å². The number of piperidine rings is 1. The lowest BCUT2D eigenvalue weighted by Gasteiger charge is -2.32. The molecule has 0 spiro atoms. The Labute approximate surface area is 190 Å². The number of carbonyl (C=O) groups excluding carboxylic acids is 1. The molecule has 1 N–H and O–H groups in total. The molecule has 2 aromatic rings. The second-order valence-electron chi connectivity index (χ2n) is 7.86. The van der Waals surface area contributed by atoms with Crippen LogP contribution in [0.2, 0.25) is 5.02 Å². The molecule has 9 heteroatoms. The molecule has 3 rings (SSSR count). The zero-order valence-corrected chi connectivity index (χ0v) is 18.6. The molecule has 2 heterocycles. The molecule has 1 aliphatic heterocycles. The van der Waals surface area contributed by atoms with Gasteiger partial charge >= 0.3 is 6.18 Å². The van der Waals surface area contributed by atoms with Crippen LogP contribution in [0.3, 0.4) is 0 Å². The second-order valence-corrected chi connectivity index (χ2v) is 8.26. The lowest BCUT2D eigenvalue weighted by Crippen LogP contribution is -2.41. The quantitative estimate of drug-likeness (QED) is 0.536. The Morgan fingerprint density at radius 3 is 2.59 bits per heavy atom. The summed E-state index contributed by atoms with van der Waals surface area (Å²) in [4.78, 5) is 18.2. The van der Waals surface area contributed by atoms with Gasteiger partial charge in [-0.15, -0.1) is 0 Å². The van der Waals surface area contributed by atoms with E-state index in [0.717, 1.165) is 17.8 Å². The van der Waals surface area contributed by atoms with E-state index < -0.39 is 11.7 Å². The number of amides is 1. The van der Waals surface area contributed by atoms with Gasteiger partial charge in [0.05, 0.1) is 16.7 Å². The van der Waals surface area contributed by atoms with Crippen LogP contribution in [0, 0.1) is 5.92 Å². The van der Waals surface area contributed by atoms with Gasteiger partial charge in [-0.3, -0.25) is 4.79 Å². The van der Waals surface area contributed by atoms with Crippen molar-refractivity contribution in [2.45, 2.75) is 38.5 Å². The number of hydrogen-bond donors (Lipinski definition) is 1. The minimum absolute atomic E-state index is 0.00172. The summed E-state index contributed by atoms with van der Waals surface area (Å²) in [5.74, 6) is 0.180. The summed E-state index contributed by atoms with van der Waals surface area (Å²) in [5.41, 5.74) is 0.244. The topological polar surface area (TPSA) is 54.5 Å². The van der Waals surface area contributed by atoms with Gasteiger partial charge in [-0.25, -0.2) is 4.98 Å². The smallest absolute Gasteiger partial charge is 0.374 e. The zero-order chi connectivity index (χ0) is 23.1. The fourth-order valence-electron chi connectivity index (χ4n) is 3.68. The number of nitrogens with zero attached hydrogens (tertiary/aromatic N) is 2. The van der Waals surface area contributed by atoms with Crippen LogP contribution >= 0.6 is 11.6 Å². The van der Waals surface area contributed by atoms with Crippen molar-refractivity contribution in [3.63, 3.8) is 0 Å². The van der Waals surface area contributed by atoms with E-state index in [1.165, 1.54) is 0 Å². The number of ether oxygens (including phenoxy) is 1. The number of pyridine rings is 1. The summed E-state index contributed by atoms with van der Waals surface area (Å²) in [6, 6.07) is 10.8. The minimum atomic E-state index is -4.48. The maximum absolute atomic E-state index is 12.8. The average Bonchev–Trinajstić information content (AvgIpc) is 2.78. The zero-order valence-electron chi connectivity index (χ0n) is 17.9. The van der Waals surface area contributed by atoms with Gasteiger partial charge in [0.2, 0.25) is 5.91 Å². The molecule has 5 nitrogen and oxygen atoms in total. The molecular formula is C23H27ClF3N3O2. The predicted molar refractivity (Wildman–Crippen MR) is 118 cm³/mol. The van der Waals surface area contributed by atoms with Crippen molar-refractivity contribution in [2.75, 3.05) is 31.1 Å². The Morgan fingerprint density at radius 2 is 1.97 bits per heavy atom. The highest BCUT2D eigenvalue weighted by Crippen LogP contribution is 2.34. The normalized spacial score (nSPS) is 16.1. The first-order valence-electron chi connectivity index (χ1n) is 10.7. The molecule has 0 aliphatic carbocycles. The van der Waals surface area contributed by atoms with E-state index in [4.69, 9.17) is 16.3 Å². The maximum Gasteiger partial charge on any atom is 0.417 e. The van der Waals surface area contributed by atoms with Crippen LogP contribution in [0.4, 0.5) is 19.0 Å². The molecule has 1 aromatic heterocycles. The van der Waals surface area contributed by atoms with Gasteiger partial charge in [0.25, 0.3) is 0 Å². The summed E-state index contributed by atoms with van der Waals surface area (Å²) in [6.07, 6.45) is -1.79. The number of anilines is 1. The summed E-state index contributed by atoms with van der Waals surface area (Å²) in [5, 5.41) is 2.92. The lowest BCUT2D eigenvalue weighted by atomic mass is 9.96. The van der Waals surface area contributed by atoms with Crippen molar-refractivity contribution in [1.29, 1.82) is 0 Å². The molecular weight excluding hydrogens is 443 g/mol. The van der Waals surface area contributed by atoms with Gasteiger partial charge in [-0.2, -0.15) is 13.2 Å². The van der Waals surface area contributed by atoms with Crippen LogP contribution < -0.4 is 10.2 Å². The van der Waals surface area contributed by atoms with E-state index in [2.05, 4.69) is 10.3 Å². The number of alkyl halides is 3. The van der Waals surface area contributed by atoms with Crippen molar-refractivity contribution < 1.29 is 22.7 Å². The average molecular weight is 470 g/mol. The molecule has 32 heavy (non-hydrogen) atoms. The number of benzene rings is 1. The van der Waals surface area contributed by atoms with Gasteiger partial charge in [-0.1, -0.05) is 41.9 Å². The number of hydrogen-bond acceptors (Lipinski definition) is 4. The summed E-state index contributed by atoms with van der Waals surface area (Å²) in [7, 11) is 0. The summed E-state index contributed by atoms with van der Waals surface area (Å²) >= 11 is 6.03. The maximum atomic E-state index is 12.8. The molecule has 1 unspecified atom stereocenters. The van der Waals surface area contributed by atoms with Crippen LogP contribution in [-0.2, 0) is 15.7 Å². The molecule has 1 aromatic carbocycles. The van der Waals surface area contributed by atoms with Crippen molar-refractivity contribution in [1.82, 2.24) is 10.3 Å². The van der Waals surface area contributed by atoms with Gasteiger partial charge in [0, 0.05) is 38.4 Å². The Balaban J connectivity index is 1.37. The van der Waals surface area contributed by atoms with Gasteiger partial charge in [-0.05, 0) is 37.8 Å². The van der Waals surface area contributed by atoms with Crippen molar-refractivity contribution in [2.24, 2.45) is 5.92 Å². The number of nitrogens with one attached hydrogen (secondary N) is 1. The number of rotatable bonds is 8. The molecule has 0 radical (unpaired) electrons. The predicted octanol–water partition coefficient (Wildman–Crippen LogP) is 5.25. The Morgan fingerprint density at radius 1 is 1.28 bits per heavy atom. The number of halogens is 4. The molecule has 1 aliphatic rings.